The molecule has 0 radical (unpaired) electrons. The second-order valence-electron chi connectivity index (χ2n) is 6.96. The van der Waals surface area contributed by atoms with Crippen molar-refractivity contribution in [2.45, 2.75) is 33.7 Å². The van der Waals surface area contributed by atoms with Crippen LogP contribution in [0.1, 0.15) is 28.7 Å². The van der Waals surface area contributed by atoms with Crippen LogP contribution in [0, 0.1) is 26.7 Å². The highest BCUT2D eigenvalue weighted by Gasteiger charge is 2.36. The van der Waals surface area contributed by atoms with Crippen LogP contribution in [-0.4, -0.2) is 18.4 Å². The summed E-state index contributed by atoms with van der Waals surface area (Å²) in [6.07, 6.45) is 0.237. The van der Waals surface area contributed by atoms with Crippen LogP contribution >= 0.6 is 11.6 Å². The lowest BCUT2D eigenvalue weighted by atomic mass is 10.0. The predicted octanol–water partition coefficient (Wildman–Crippen LogP) is 3.93. The number of nitrogens with zero attached hydrogens (tertiary/aromatic N) is 1. The van der Waals surface area contributed by atoms with E-state index >= 15 is 0 Å². The number of carbonyl (C=O) groups is 2. The molecule has 0 bridgehead atoms. The highest BCUT2D eigenvalue weighted by molar-refractivity contribution is 6.31. The van der Waals surface area contributed by atoms with Crippen LogP contribution in [0.3, 0.4) is 0 Å². The molecular formula is C21H23ClN2O2. The summed E-state index contributed by atoms with van der Waals surface area (Å²) < 4.78 is 0. The molecular weight excluding hydrogens is 348 g/mol. The van der Waals surface area contributed by atoms with Crippen molar-refractivity contribution in [2.75, 3.05) is 11.4 Å². The second-order valence-corrected chi connectivity index (χ2v) is 7.37. The SMILES string of the molecule is Cc1cc(C)c(N2CC(C(=O)NCc3ccccc3Cl)CC2=O)c(C)c1. The van der Waals surface area contributed by atoms with Gasteiger partial charge in [0.25, 0.3) is 0 Å². The minimum Gasteiger partial charge on any atom is -0.352 e. The van der Waals surface area contributed by atoms with Gasteiger partial charge in [0.1, 0.15) is 0 Å². The van der Waals surface area contributed by atoms with Crippen LogP contribution in [0.2, 0.25) is 5.02 Å². The molecule has 1 atom stereocenters. The minimum atomic E-state index is -0.343. The second kappa shape index (κ2) is 7.50. The molecule has 0 aromatic heterocycles. The zero-order chi connectivity index (χ0) is 18.8. The van der Waals surface area contributed by atoms with Gasteiger partial charge in [0.15, 0.2) is 0 Å². The molecule has 3 rings (SSSR count). The summed E-state index contributed by atoms with van der Waals surface area (Å²) >= 11 is 6.13. The summed E-state index contributed by atoms with van der Waals surface area (Å²) in [4.78, 5) is 26.8. The van der Waals surface area contributed by atoms with Crippen LogP contribution < -0.4 is 10.2 Å². The van der Waals surface area contributed by atoms with Gasteiger partial charge in [-0.2, -0.15) is 0 Å². The largest absolute Gasteiger partial charge is 0.352 e. The first-order valence-electron chi connectivity index (χ1n) is 8.76. The number of hydrogen-bond acceptors (Lipinski definition) is 2. The topological polar surface area (TPSA) is 49.4 Å². The van der Waals surface area contributed by atoms with Gasteiger partial charge in [0.05, 0.1) is 5.92 Å². The Balaban J connectivity index is 1.70. The number of aryl methyl sites for hydroxylation is 3. The molecule has 0 spiro atoms. The molecule has 2 aromatic rings. The van der Waals surface area contributed by atoms with Gasteiger partial charge in [0, 0.05) is 30.2 Å². The molecule has 26 heavy (non-hydrogen) atoms. The Hall–Kier alpha value is -2.33. The molecule has 1 saturated heterocycles. The first-order chi connectivity index (χ1) is 12.4. The van der Waals surface area contributed by atoms with Gasteiger partial charge in [-0.15, -0.1) is 0 Å². The zero-order valence-electron chi connectivity index (χ0n) is 15.3. The van der Waals surface area contributed by atoms with Crippen LogP contribution in [0.5, 0.6) is 0 Å². The monoisotopic (exact) mass is 370 g/mol. The zero-order valence-corrected chi connectivity index (χ0v) is 16.1. The Morgan fingerprint density at radius 2 is 1.85 bits per heavy atom. The van der Waals surface area contributed by atoms with Crippen molar-refractivity contribution in [3.63, 3.8) is 0 Å². The van der Waals surface area contributed by atoms with E-state index in [1.807, 2.05) is 39.0 Å². The fourth-order valence-corrected chi connectivity index (χ4v) is 3.87. The Morgan fingerprint density at radius 1 is 1.19 bits per heavy atom. The summed E-state index contributed by atoms with van der Waals surface area (Å²) in [5, 5.41) is 3.54. The van der Waals surface area contributed by atoms with E-state index in [0.29, 0.717) is 18.1 Å². The molecule has 1 fully saturated rings. The average molecular weight is 371 g/mol. The Labute approximate surface area is 159 Å². The van der Waals surface area contributed by atoms with Crippen LogP contribution in [0.15, 0.2) is 36.4 Å². The molecule has 2 amide bonds. The summed E-state index contributed by atoms with van der Waals surface area (Å²) in [6, 6.07) is 11.6. The highest BCUT2D eigenvalue weighted by Crippen LogP contribution is 2.32. The maximum absolute atomic E-state index is 12.5. The first kappa shape index (κ1) is 18.5. The molecule has 1 aliphatic rings. The maximum atomic E-state index is 12.5. The van der Waals surface area contributed by atoms with E-state index in [2.05, 4.69) is 17.4 Å². The van der Waals surface area contributed by atoms with Crippen molar-refractivity contribution < 1.29 is 9.59 Å². The van der Waals surface area contributed by atoms with Crippen molar-refractivity contribution >= 4 is 29.1 Å². The summed E-state index contributed by atoms with van der Waals surface area (Å²) in [5.74, 6) is -0.453. The van der Waals surface area contributed by atoms with E-state index in [4.69, 9.17) is 11.6 Å². The van der Waals surface area contributed by atoms with Gasteiger partial charge in [-0.25, -0.2) is 0 Å². The van der Waals surface area contributed by atoms with E-state index in [-0.39, 0.29) is 24.2 Å². The van der Waals surface area contributed by atoms with Crippen molar-refractivity contribution in [3.8, 4) is 0 Å². The van der Waals surface area contributed by atoms with Crippen molar-refractivity contribution in [1.29, 1.82) is 0 Å². The summed E-state index contributed by atoms with van der Waals surface area (Å²) in [6.45, 7) is 6.84. The van der Waals surface area contributed by atoms with Crippen molar-refractivity contribution in [2.24, 2.45) is 5.92 Å². The highest BCUT2D eigenvalue weighted by atomic mass is 35.5. The third kappa shape index (κ3) is 3.75. The molecule has 0 aliphatic carbocycles. The van der Waals surface area contributed by atoms with Gasteiger partial charge in [-0.05, 0) is 43.5 Å². The van der Waals surface area contributed by atoms with Gasteiger partial charge in [-0.1, -0.05) is 47.5 Å². The number of carbonyl (C=O) groups excluding carboxylic acids is 2. The lowest BCUT2D eigenvalue weighted by Crippen LogP contribution is -2.33. The average Bonchev–Trinajstić information content (AvgIpc) is 2.95. The minimum absolute atomic E-state index is 0.00190. The van der Waals surface area contributed by atoms with Crippen LogP contribution in [-0.2, 0) is 16.1 Å². The van der Waals surface area contributed by atoms with Gasteiger partial charge in [0.2, 0.25) is 11.8 Å². The fraction of sp³-hybridized carbons (Fsp3) is 0.333. The number of halogens is 1. The lowest BCUT2D eigenvalue weighted by Gasteiger charge is -2.22. The lowest BCUT2D eigenvalue weighted by molar-refractivity contribution is -0.126. The maximum Gasteiger partial charge on any atom is 0.227 e. The van der Waals surface area contributed by atoms with E-state index in [9.17, 15) is 9.59 Å². The van der Waals surface area contributed by atoms with E-state index < -0.39 is 0 Å². The molecule has 4 nitrogen and oxygen atoms in total. The van der Waals surface area contributed by atoms with Gasteiger partial charge in [-0.3, -0.25) is 9.59 Å². The molecule has 1 aliphatic heterocycles. The Morgan fingerprint density at radius 3 is 2.50 bits per heavy atom. The molecule has 1 unspecified atom stereocenters. The number of anilines is 1. The van der Waals surface area contributed by atoms with E-state index in [1.165, 1.54) is 5.56 Å². The van der Waals surface area contributed by atoms with Gasteiger partial charge < -0.3 is 10.2 Å². The van der Waals surface area contributed by atoms with Crippen molar-refractivity contribution in [1.82, 2.24) is 5.32 Å². The molecule has 0 saturated carbocycles. The summed E-state index contributed by atoms with van der Waals surface area (Å²) in [5.41, 5.74) is 5.10. The molecule has 136 valence electrons. The Bertz CT molecular complexity index is 840. The van der Waals surface area contributed by atoms with E-state index in [0.717, 1.165) is 22.4 Å². The first-order valence-corrected chi connectivity index (χ1v) is 9.14. The fourth-order valence-electron chi connectivity index (χ4n) is 3.67. The normalized spacial score (nSPS) is 16.8. The van der Waals surface area contributed by atoms with Crippen molar-refractivity contribution in [3.05, 3.63) is 63.7 Å². The predicted molar refractivity (Wildman–Crippen MR) is 104 cm³/mol. The van der Waals surface area contributed by atoms with Crippen LogP contribution in [0.4, 0.5) is 5.69 Å². The number of nitrogens with one attached hydrogen (secondary N) is 1. The number of hydrogen-bond donors (Lipinski definition) is 1. The number of benzene rings is 2. The van der Waals surface area contributed by atoms with Gasteiger partial charge >= 0.3 is 0 Å². The van der Waals surface area contributed by atoms with E-state index in [1.54, 1.807) is 11.0 Å². The molecule has 5 heteroatoms. The number of rotatable bonds is 4. The molecule has 1 N–H and O–H groups in total. The third-order valence-corrected chi connectivity index (χ3v) is 5.18. The smallest absolute Gasteiger partial charge is 0.227 e. The summed E-state index contributed by atoms with van der Waals surface area (Å²) in [7, 11) is 0. The molecule has 2 aromatic carbocycles. The molecule has 1 heterocycles. The standard InChI is InChI=1S/C21H23ClN2O2/c1-13-8-14(2)20(15(3)9-13)24-12-17(10-19(24)25)21(26)23-11-16-6-4-5-7-18(16)22/h4-9,17H,10-12H2,1-3H3,(H,23,26). The third-order valence-electron chi connectivity index (χ3n) is 4.81. The van der Waals surface area contributed by atoms with Crippen LogP contribution in [0.25, 0.3) is 0 Å². The Kier molecular flexibility index (Phi) is 5.33. The quantitative estimate of drug-likeness (QED) is 0.886. The number of amides is 2.